The summed E-state index contributed by atoms with van der Waals surface area (Å²) in [6, 6.07) is 5.83. The van der Waals surface area contributed by atoms with Crippen LogP contribution in [0.3, 0.4) is 0 Å². The van der Waals surface area contributed by atoms with E-state index in [0.29, 0.717) is 23.8 Å². The molecule has 0 saturated heterocycles. The SMILES string of the molecule is C=C(C)CN=c1scc(-c2cc(OC)c(OC)c(OC)c2)n1N=Cc1ccsc1. The molecule has 6 nitrogen and oxygen atoms in total. The van der Waals surface area contributed by atoms with Crippen LogP contribution in [-0.2, 0) is 0 Å². The van der Waals surface area contributed by atoms with Crippen molar-refractivity contribution in [1.82, 2.24) is 4.68 Å². The van der Waals surface area contributed by atoms with Gasteiger partial charge < -0.3 is 14.2 Å². The zero-order valence-corrected chi connectivity index (χ0v) is 18.5. The second kappa shape index (κ2) is 9.58. The molecule has 0 aliphatic rings. The molecule has 3 rings (SSSR count). The Morgan fingerprint density at radius 1 is 1.14 bits per heavy atom. The van der Waals surface area contributed by atoms with Crippen molar-refractivity contribution in [3.05, 3.63) is 56.9 Å². The fourth-order valence-electron chi connectivity index (χ4n) is 2.62. The highest BCUT2D eigenvalue weighted by atomic mass is 32.1. The van der Waals surface area contributed by atoms with Crippen molar-refractivity contribution in [2.24, 2.45) is 10.1 Å². The minimum Gasteiger partial charge on any atom is -0.493 e. The van der Waals surface area contributed by atoms with Crippen LogP contribution in [0, 0.1) is 0 Å². The molecular formula is C21H23N3O3S2. The Morgan fingerprint density at radius 2 is 1.86 bits per heavy atom. The lowest BCUT2D eigenvalue weighted by atomic mass is 10.1. The third kappa shape index (κ3) is 4.78. The summed E-state index contributed by atoms with van der Waals surface area (Å²) in [5.74, 6) is 1.72. The second-order valence-corrected chi connectivity index (χ2v) is 7.82. The minimum absolute atomic E-state index is 0.545. The molecule has 3 aromatic rings. The Labute approximate surface area is 178 Å². The van der Waals surface area contributed by atoms with E-state index in [1.807, 2.05) is 52.2 Å². The maximum Gasteiger partial charge on any atom is 0.206 e. The topological polar surface area (TPSA) is 57.3 Å². The van der Waals surface area contributed by atoms with Crippen LogP contribution in [0.5, 0.6) is 17.2 Å². The highest BCUT2D eigenvalue weighted by Gasteiger charge is 2.17. The molecule has 1 aromatic carbocycles. The van der Waals surface area contributed by atoms with E-state index in [9.17, 15) is 0 Å². The number of thiazole rings is 1. The molecule has 0 saturated carbocycles. The lowest BCUT2D eigenvalue weighted by Crippen LogP contribution is -2.13. The molecule has 152 valence electrons. The quantitative estimate of drug-likeness (QED) is 0.386. The van der Waals surface area contributed by atoms with Gasteiger partial charge in [-0.05, 0) is 35.9 Å². The van der Waals surface area contributed by atoms with Gasteiger partial charge in [0.25, 0.3) is 0 Å². The number of nitrogens with zero attached hydrogens (tertiary/aromatic N) is 3. The van der Waals surface area contributed by atoms with Crippen LogP contribution >= 0.6 is 22.7 Å². The third-order valence-corrected chi connectivity index (χ3v) is 5.55. The lowest BCUT2D eigenvalue weighted by Gasteiger charge is -2.14. The van der Waals surface area contributed by atoms with Gasteiger partial charge in [0.1, 0.15) is 0 Å². The molecule has 2 aromatic heterocycles. The molecule has 0 bridgehead atoms. The van der Waals surface area contributed by atoms with E-state index in [4.69, 9.17) is 14.2 Å². The van der Waals surface area contributed by atoms with Gasteiger partial charge >= 0.3 is 0 Å². The summed E-state index contributed by atoms with van der Waals surface area (Å²) in [7, 11) is 4.79. The highest BCUT2D eigenvalue weighted by molar-refractivity contribution is 7.08. The van der Waals surface area contributed by atoms with Crippen molar-refractivity contribution in [2.75, 3.05) is 27.9 Å². The van der Waals surface area contributed by atoms with E-state index in [1.54, 1.807) is 32.7 Å². The summed E-state index contributed by atoms with van der Waals surface area (Å²) < 4.78 is 18.3. The largest absolute Gasteiger partial charge is 0.493 e. The predicted molar refractivity (Wildman–Crippen MR) is 120 cm³/mol. The maximum atomic E-state index is 5.50. The van der Waals surface area contributed by atoms with Crippen LogP contribution in [0.15, 0.2) is 56.6 Å². The number of hydrogen-bond donors (Lipinski definition) is 0. The molecule has 29 heavy (non-hydrogen) atoms. The van der Waals surface area contributed by atoms with E-state index >= 15 is 0 Å². The second-order valence-electron chi connectivity index (χ2n) is 6.20. The molecule has 0 amide bonds. The first-order chi connectivity index (χ1) is 14.1. The molecule has 8 heteroatoms. The summed E-state index contributed by atoms with van der Waals surface area (Å²) in [5.41, 5.74) is 3.78. The Hall–Kier alpha value is -2.84. The summed E-state index contributed by atoms with van der Waals surface area (Å²) in [4.78, 5) is 5.44. The van der Waals surface area contributed by atoms with E-state index < -0.39 is 0 Å². The van der Waals surface area contributed by atoms with Crippen LogP contribution in [-0.4, -0.2) is 38.8 Å². The summed E-state index contributed by atoms with van der Waals surface area (Å²) in [5, 5.41) is 10.8. The van der Waals surface area contributed by atoms with Gasteiger partial charge in [0.15, 0.2) is 11.5 Å². The van der Waals surface area contributed by atoms with Crippen LogP contribution in [0.25, 0.3) is 11.3 Å². The van der Waals surface area contributed by atoms with E-state index in [1.165, 1.54) is 11.3 Å². The maximum absolute atomic E-state index is 5.50. The van der Waals surface area contributed by atoms with Gasteiger partial charge in [-0.3, -0.25) is 4.99 Å². The Kier molecular flexibility index (Phi) is 6.90. The molecular weight excluding hydrogens is 406 g/mol. The zero-order valence-electron chi connectivity index (χ0n) is 16.8. The van der Waals surface area contributed by atoms with E-state index in [0.717, 1.165) is 27.2 Å². The number of hydrogen-bond acceptors (Lipinski definition) is 7. The molecule has 0 N–H and O–H groups in total. The molecule has 2 heterocycles. The van der Waals surface area contributed by atoms with Gasteiger partial charge in [0, 0.05) is 16.5 Å². The number of benzene rings is 1. The average molecular weight is 430 g/mol. The molecule has 0 fully saturated rings. The molecule has 0 aliphatic carbocycles. The monoisotopic (exact) mass is 429 g/mol. The summed E-state index contributed by atoms with van der Waals surface area (Å²) in [6.45, 7) is 6.43. The number of ether oxygens (including phenoxy) is 3. The van der Waals surface area contributed by atoms with Gasteiger partial charge in [0.05, 0.1) is 39.8 Å². The van der Waals surface area contributed by atoms with Crippen molar-refractivity contribution >= 4 is 28.9 Å². The number of methoxy groups -OCH3 is 3. The molecule has 0 spiro atoms. The van der Waals surface area contributed by atoms with Crippen molar-refractivity contribution in [3.8, 4) is 28.5 Å². The Bertz CT molecular complexity index is 1050. The zero-order chi connectivity index (χ0) is 20.8. The Morgan fingerprint density at radius 3 is 2.41 bits per heavy atom. The van der Waals surface area contributed by atoms with Crippen molar-refractivity contribution in [3.63, 3.8) is 0 Å². The van der Waals surface area contributed by atoms with Gasteiger partial charge in [-0.1, -0.05) is 12.2 Å². The van der Waals surface area contributed by atoms with E-state index in [-0.39, 0.29) is 0 Å². The first-order valence-electron chi connectivity index (χ1n) is 8.79. The lowest BCUT2D eigenvalue weighted by molar-refractivity contribution is 0.324. The Balaban J connectivity index is 2.16. The van der Waals surface area contributed by atoms with Gasteiger partial charge in [-0.2, -0.15) is 16.4 Å². The predicted octanol–water partition coefficient (Wildman–Crippen LogP) is 4.66. The fraction of sp³-hybridized carbons (Fsp3) is 0.238. The van der Waals surface area contributed by atoms with Gasteiger partial charge in [-0.25, -0.2) is 4.68 Å². The fourth-order valence-corrected chi connectivity index (χ4v) is 4.07. The minimum atomic E-state index is 0.545. The van der Waals surface area contributed by atoms with Crippen molar-refractivity contribution < 1.29 is 14.2 Å². The average Bonchev–Trinajstić information content (AvgIpc) is 3.38. The first-order valence-corrected chi connectivity index (χ1v) is 10.6. The van der Waals surface area contributed by atoms with Crippen molar-refractivity contribution in [2.45, 2.75) is 6.92 Å². The number of thiophene rings is 1. The van der Waals surface area contributed by atoms with Crippen LogP contribution in [0.4, 0.5) is 0 Å². The van der Waals surface area contributed by atoms with E-state index in [2.05, 4.69) is 16.7 Å². The number of rotatable bonds is 8. The standard InChI is InChI=1S/C21H23N3O3S2/c1-14(2)10-22-21-24(23-11-15-6-7-28-12-15)17(13-29-21)16-8-18(25-3)20(27-5)19(9-16)26-4/h6-9,11-13H,1,10H2,2-5H3. The van der Waals surface area contributed by atoms with Crippen LogP contribution in [0.1, 0.15) is 12.5 Å². The van der Waals surface area contributed by atoms with Crippen molar-refractivity contribution in [1.29, 1.82) is 0 Å². The summed E-state index contributed by atoms with van der Waals surface area (Å²) in [6.07, 6.45) is 1.82. The molecule has 0 atom stereocenters. The molecule has 0 radical (unpaired) electrons. The molecule has 0 aliphatic heterocycles. The van der Waals surface area contributed by atoms with Gasteiger partial charge in [0.2, 0.25) is 10.6 Å². The highest BCUT2D eigenvalue weighted by Crippen LogP contribution is 2.41. The van der Waals surface area contributed by atoms with Gasteiger partial charge in [-0.15, -0.1) is 11.3 Å². The van der Waals surface area contributed by atoms with Crippen LogP contribution < -0.4 is 19.0 Å². The first kappa shape index (κ1) is 20.9. The summed E-state index contributed by atoms with van der Waals surface area (Å²) >= 11 is 3.15. The molecule has 0 unspecified atom stereocenters. The third-order valence-electron chi connectivity index (χ3n) is 4.00. The number of aromatic nitrogens is 1. The van der Waals surface area contributed by atoms with Crippen LogP contribution in [0.2, 0.25) is 0 Å². The normalized spacial score (nSPS) is 11.8. The smallest absolute Gasteiger partial charge is 0.206 e.